The van der Waals surface area contributed by atoms with Gasteiger partial charge in [0.25, 0.3) is 5.56 Å². The number of carbonyl (C=O) groups excluding carboxylic acids is 1. The molecule has 1 aliphatic rings. The van der Waals surface area contributed by atoms with E-state index in [0.717, 1.165) is 15.6 Å². The Bertz CT molecular complexity index is 1020. The van der Waals surface area contributed by atoms with E-state index < -0.39 is 17.3 Å². The number of Topliss-reactive ketones (excluding diaryl/α,β-unsaturated/α-hetero) is 1. The molecule has 142 valence electrons. The van der Waals surface area contributed by atoms with E-state index in [1.54, 1.807) is 6.92 Å². The summed E-state index contributed by atoms with van der Waals surface area (Å²) in [5.74, 6) is -0.447. The first-order valence-corrected chi connectivity index (χ1v) is 8.91. The van der Waals surface area contributed by atoms with E-state index in [4.69, 9.17) is 5.73 Å². The van der Waals surface area contributed by atoms with Crippen molar-refractivity contribution in [1.29, 1.82) is 0 Å². The first kappa shape index (κ1) is 18.8. The highest BCUT2D eigenvalue weighted by Crippen LogP contribution is 2.23. The van der Waals surface area contributed by atoms with Gasteiger partial charge in [0.05, 0.1) is 6.04 Å². The first-order chi connectivity index (χ1) is 12.8. The Morgan fingerprint density at radius 2 is 1.78 bits per heavy atom. The average Bonchev–Trinajstić information content (AvgIpc) is 2.71. The highest BCUT2D eigenvalue weighted by Gasteiger charge is 2.29. The number of hydrogen-bond donors (Lipinski definition) is 1. The van der Waals surface area contributed by atoms with Crippen molar-refractivity contribution in [2.24, 2.45) is 14.1 Å². The van der Waals surface area contributed by atoms with Gasteiger partial charge in [-0.3, -0.25) is 23.6 Å². The predicted molar refractivity (Wildman–Crippen MR) is 106 cm³/mol. The number of nitrogens with zero attached hydrogens (tertiary/aromatic N) is 3. The fourth-order valence-electron chi connectivity index (χ4n) is 3.42. The van der Waals surface area contributed by atoms with E-state index in [2.05, 4.69) is 18.2 Å². The van der Waals surface area contributed by atoms with Crippen LogP contribution in [-0.2, 0) is 14.1 Å². The van der Waals surface area contributed by atoms with E-state index in [0.29, 0.717) is 13.1 Å². The third-order valence-electron chi connectivity index (χ3n) is 5.27. The molecule has 1 unspecified atom stereocenters. The molecule has 0 radical (unpaired) electrons. The van der Waals surface area contributed by atoms with Gasteiger partial charge in [-0.25, -0.2) is 4.79 Å². The van der Waals surface area contributed by atoms with Gasteiger partial charge in [-0.05, 0) is 24.5 Å². The second-order valence-corrected chi connectivity index (χ2v) is 6.85. The molecule has 1 aliphatic heterocycles. The van der Waals surface area contributed by atoms with E-state index in [9.17, 15) is 14.4 Å². The van der Waals surface area contributed by atoms with Gasteiger partial charge < -0.3 is 5.73 Å². The molecule has 0 bridgehead atoms. The third kappa shape index (κ3) is 3.38. The fraction of sp³-hybridized carbons (Fsp3) is 0.350. The highest BCUT2D eigenvalue weighted by molar-refractivity contribution is 6.03. The zero-order chi connectivity index (χ0) is 19.7. The van der Waals surface area contributed by atoms with Gasteiger partial charge in [0.1, 0.15) is 11.4 Å². The topological polar surface area (TPSA) is 90.3 Å². The van der Waals surface area contributed by atoms with Crippen molar-refractivity contribution in [2.45, 2.75) is 19.4 Å². The quantitative estimate of drug-likeness (QED) is 0.814. The van der Waals surface area contributed by atoms with Crippen LogP contribution >= 0.6 is 0 Å². The molecular weight excluding hydrogens is 344 g/mol. The van der Waals surface area contributed by atoms with Crippen LogP contribution in [0, 0.1) is 0 Å². The van der Waals surface area contributed by atoms with Crippen LogP contribution in [0.5, 0.6) is 0 Å². The molecule has 2 heterocycles. The predicted octanol–water partition coefficient (Wildman–Crippen LogP) is 1.03. The lowest BCUT2D eigenvalue weighted by Crippen LogP contribution is -2.47. The zero-order valence-corrected chi connectivity index (χ0v) is 15.8. The van der Waals surface area contributed by atoms with Crippen molar-refractivity contribution in [3.8, 4) is 0 Å². The van der Waals surface area contributed by atoms with Crippen LogP contribution in [0.25, 0.3) is 5.57 Å². The minimum atomic E-state index is -0.648. The van der Waals surface area contributed by atoms with Crippen molar-refractivity contribution in [3.05, 3.63) is 68.4 Å². The summed E-state index contributed by atoms with van der Waals surface area (Å²) in [5, 5.41) is 0. The smallest absolute Gasteiger partial charge is 0.332 e. The van der Waals surface area contributed by atoms with Crippen molar-refractivity contribution in [3.63, 3.8) is 0 Å². The lowest BCUT2D eigenvalue weighted by Gasteiger charge is -2.31. The Hall–Kier alpha value is -2.93. The molecule has 1 aromatic carbocycles. The zero-order valence-electron chi connectivity index (χ0n) is 15.8. The molecular formula is C20H24N4O3. The number of rotatable bonds is 4. The highest BCUT2D eigenvalue weighted by atomic mass is 16.2. The van der Waals surface area contributed by atoms with Crippen molar-refractivity contribution in [1.82, 2.24) is 14.0 Å². The van der Waals surface area contributed by atoms with E-state index in [1.807, 2.05) is 23.1 Å². The number of hydrogen-bond acceptors (Lipinski definition) is 5. The molecule has 0 fully saturated rings. The van der Waals surface area contributed by atoms with Crippen LogP contribution in [0.15, 0.2) is 46.0 Å². The second-order valence-electron chi connectivity index (χ2n) is 6.85. The standard InChI is InChI=1S/C20H24N4O3/c1-13(17(25)16-18(21)22(2)20(27)23(3)19(16)26)24-11-9-15(10-12-24)14-7-5-4-6-8-14/h4-9,13H,10-12,21H2,1-3H3. The van der Waals surface area contributed by atoms with Crippen LogP contribution in [0.2, 0.25) is 0 Å². The van der Waals surface area contributed by atoms with Crippen molar-refractivity contribution < 1.29 is 4.79 Å². The van der Waals surface area contributed by atoms with Crippen LogP contribution < -0.4 is 17.0 Å². The lowest BCUT2D eigenvalue weighted by atomic mass is 9.97. The molecule has 2 aromatic rings. The third-order valence-corrected chi connectivity index (χ3v) is 5.27. The summed E-state index contributed by atoms with van der Waals surface area (Å²) < 4.78 is 2.05. The number of nitrogens with two attached hydrogens (primary N) is 1. The van der Waals surface area contributed by atoms with Gasteiger partial charge in [0.2, 0.25) is 0 Å². The number of benzene rings is 1. The molecule has 7 heteroatoms. The van der Waals surface area contributed by atoms with E-state index >= 15 is 0 Å². The summed E-state index contributed by atoms with van der Waals surface area (Å²) in [6, 6.07) is 9.64. The maximum Gasteiger partial charge on any atom is 0.332 e. The van der Waals surface area contributed by atoms with Crippen LogP contribution in [0.4, 0.5) is 5.82 Å². The monoisotopic (exact) mass is 368 g/mol. The molecule has 1 aromatic heterocycles. The summed E-state index contributed by atoms with van der Waals surface area (Å²) in [6.45, 7) is 3.09. The molecule has 0 amide bonds. The average molecular weight is 368 g/mol. The molecule has 0 saturated carbocycles. The summed E-state index contributed by atoms with van der Waals surface area (Å²) >= 11 is 0. The molecule has 1 atom stereocenters. The molecule has 3 rings (SSSR count). The Kier molecular flexibility index (Phi) is 5.14. The lowest BCUT2D eigenvalue weighted by molar-refractivity contribution is 0.0849. The SMILES string of the molecule is CC(C(=O)c1c(N)n(C)c(=O)n(C)c1=O)N1CC=C(c2ccccc2)CC1. The van der Waals surface area contributed by atoms with Gasteiger partial charge >= 0.3 is 5.69 Å². The summed E-state index contributed by atoms with van der Waals surface area (Å²) in [6.07, 6.45) is 2.94. The van der Waals surface area contributed by atoms with Gasteiger partial charge in [0.15, 0.2) is 5.78 Å². The number of nitrogen functional groups attached to an aromatic ring is 1. The minimum Gasteiger partial charge on any atom is -0.384 e. The normalized spacial score (nSPS) is 16.0. The summed E-state index contributed by atoms with van der Waals surface area (Å²) in [4.78, 5) is 39.4. The molecule has 7 nitrogen and oxygen atoms in total. The van der Waals surface area contributed by atoms with Gasteiger partial charge in [-0.1, -0.05) is 36.4 Å². The maximum atomic E-state index is 13.0. The van der Waals surface area contributed by atoms with Gasteiger partial charge in [0, 0.05) is 27.2 Å². The summed E-state index contributed by atoms with van der Waals surface area (Å²) in [5.41, 5.74) is 7.04. The molecule has 0 spiro atoms. The Balaban J connectivity index is 1.85. The van der Waals surface area contributed by atoms with E-state index in [1.165, 1.54) is 25.2 Å². The van der Waals surface area contributed by atoms with E-state index in [-0.39, 0.29) is 17.2 Å². The number of carbonyl (C=O) groups is 1. The molecule has 27 heavy (non-hydrogen) atoms. The number of ketones is 1. The number of aromatic nitrogens is 2. The largest absolute Gasteiger partial charge is 0.384 e. The van der Waals surface area contributed by atoms with Crippen LogP contribution in [0.1, 0.15) is 29.3 Å². The van der Waals surface area contributed by atoms with Crippen LogP contribution in [0.3, 0.4) is 0 Å². The Labute approximate surface area is 157 Å². The van der Waals surface area contributed by atoms with Gasteiger partial charge in [-0.2, -0.15) is 0 Å². The first-order valence-electron chi connectivity index (χ1n) is 8.91. The maximum absolute atomic E-state index is 13.0. The fourth-order valence-corrected chi connectivity index (χ4v) is 3.42. The molecule has 0 aliphatic carbocycles. The second kappa shape index (κ2) is 7.36. The molecule has 2 N–H and O–H groups in total. The van der Waals surface area contributed by atoms with Crippen molar-refractivity contribution in [2.75, 3.05) is 18.8 Å². The Morgan fingerprint density at radius 1 is 1.11 bits per heavy atom. The van der Waals surface area contributed by atoms with Gasteiger partial charge in [-0.15, -0.1) is 0 Å². The summed E-state index contributed by atoms with van der Waals surface area (Å²) in [7, 11) is 2.80. The van der Waals surface area contributed by atoms with Crippen molar-refractivity contribution >= 4 is 17.2 Å². The van der Waals surface area contributed by atoms with Crippen LogP contribution in [-0.4, -0.2) is 38.9 Å². The molecule has 0 saturated heterocycles. The number of anilines is 1. The minimum absolute atomic E-state index is 0.0857. The Morgan fingerprint density at radius 3 is 2.37 bits per heavy atom.